The van der Waals surface area contributed by atoms with Gasteiger partial charge < -0.3 is 15.7 Å². The zero-order valence-corrected chi connectivity index (χ0v) is 16.0. The van der Waals surface area contributed by atoms with E-state index < -0.39 is 6.10 Å². The lowest BCUT2D eigenvalue weighted by Gasteiger charge is -2.18. The highest BCUT2D eigenvalue weighted by Gasteiger charge is 2.31. The summed E-state index contributed by atoms with van der Waals surface area (Å²) in [5, 5.41) is 20.7. The molecule has 6 heteroatoms. The van der Waals surface area contributed by atoms with Crippen LogP contribution in [0.4, 0.5) is 4.79 Å². The van der Waals surface area contributed by atoms with Gasteiger partial charge in [-0.15, -0.1) is 0 Å². The number of urea groups is 1. The van der Waals surface area contributed by atoms with Gasteiger partial charge in [-0.05, 0) is 37.1 Å². The van der Waals surface area contributed by atoms with Crippen LogP contribution in [0.15, 0.2) is 54.6 Å². The number of aromatic nitrogens is 2. The van der Waals surface area contributed by atoms with Gasteiger partial charge in [0.2, 0.25) is 0 Å². The van der Waals surface area contributed by atoms with Gasteiger partial charge in [0.15, 0.2) is 0 Å². The van der Waals surface area contributed by atoms with E-state index in [0.29, 0.717) is 13.0 Å². The smallest absolute Gasteiger partial charge is 0.315 e. The Bertz CT molecular complexity index is 997. The van der Waals surface area contributed by atoms with E-state index in [2.05, 4.69) is 15.7 Å². The van der Waals surface area contributed by atoms with Crippen molar-refractivity contribution in [3.05, 3.63) is 82.7 Å². The molecule has 0 saturated carbocycles. The first kappa shape index (κ1) is 18.3. The number of para-hydroxylation sites is 1. The third-order valence-electron chi connectivity index (χ3n) is 5.36. The second kappa shape index (κ2) is 7.48. The number of hydrogen-bond acceptors (Lipinski definition) is 3. The van der Waals surface area contributed by atoms with Crippen molar-refractivity contribution < 1.29 is 9.90 Å². The Labute approximate surface area is 164 Å². The number of carbonyl (C=O) groups is 1. The van der Waals surface area contributed by atoms with Crippen molar-refractivity contribution >= 4 is 6.03 Å². The Morgan fingerprint density at radius 2 is 1.86 bits per heavy atom. The maximum absolute atomic E-state index is 12.5. The summed E-state index contributed by atoms with van der Waals surface area (Å²) in [4.78, 5) is 12.5. The first-order valence-electron chi connectivity index (χ1n) is 9.45. The molecule has 0 spiro atoms. The third kappa shape index (κ3) is 3.39. The van der Waals surface area contributed by atoms with Crippen LogP contribution in [0.1, 0.15) is 34.1 Å². The van der Waals surface area contributed by atoms with Crippen LogP contribution in [0.3, 0.4) is 0 Å². The SMILES string of the molecule is Cc1nn(-c2ccccc2)c(C)c1CNC(=O)NC1c2ccccc2CC1O. The molecule has 1 aromatic heterocycles. The lowest BCUT2D eigenvalue weighted by atomic mass is 10.1. The topological polar surface area (TPSA) is 79.2 Å². The van der Waals surface area contributed by atoms with Crippen LogP contribution < -0.4 is 10.6 Å². The quantitative estimate of drug-likeness (QED) is 0.655. The molecule has 1 heterocycles. The van der Waals surface area contributed by atoms with Crippen molar-refractivity contribution in [1.82, 2.24) is 20.4 Å². The molecule has 2 amide bonds. The molecule has 0 saturated heterocycles. The molecule has 4 rings (SSSR count). The highest BCUT2D eigenvalue weighted by atomic mass is 16.3. The van der Waals surface area contributed by atoms with E-state index >= 15 is 0 Å². The maximum Gasteiger partial charge on any atom is 0.315 e. The lowest BCUT2D eigenvalue weighted by Crippen LogP contribution is -2.40. The molecular formula is C22H24N4O2. The second-order valence-electron chi connectivity index (χ2n) is 7.17. The fourth-order valence-electron chi connectivity index (χ4n) is 3.86. The Balaban J connectivity index is 1.44. The van der Waals surface area contributed by atoms with Gasteiger partial charge in [-0.3, -0.25) is 0 Å². The summed E-state index contributed by atoms with van der Waals surface area (Å²) < 4.78 is 1.89. The maximum atomic E-state index is 12.5. The van der Waals surface area contributed by atoms with Crippen LogP contribution in [-0.2, 0) is 13.0 Å². The van der Waals surface area contributed by atoms with Crippen molar-refractivity contribution in [2.24, 2.45) is 0 Å². The fourth-order valence-corrected chi connectivity index (χ4v) is 3.86. The van der Waals surface area contributed by atoms with Gasteiger partial charge in [-0.25, -0.2) is 9.48 Å². The third-order valence-corrected chi connectivity index (χ3v) is 5.36. The standard InChI is InChI=1S/C22H24N4O2/c1-14-19(15(2)26(25-14)17-9-4-3-5-10-17)13-23-22(28)24-21-18-11-7-6-8-16(18)12-20(21)27/h3-11,20-21,27H,12-13H2,1-2H3,(H2,23,24,28). The lowest BCUT2D eigenvalue weighted by molar-refractivity contribution is 0.142. The minimum atomic E-state index is -0.604. The van der Waals surface area contributed by atoms with Crippen molar-refractivity contribution in [2.45, 2.75) is 39.0 Å². The second-order valence-corrected chi connectivity index (χ2v) is 7.17. The van der Waals surface area contributed by atoms with Gasteiger partial charge in [0.25, 0.3) is 0 Å². The molecule has 2 unspecified atom stereocenters. The van der Waals surface area contributed by atoms with Gasteiger partial charge >= 0.3 is 6.03 Å². The van der Waals surface area contributed by atoms with Gasteiger partial charge in [-0.2, -0.15) is 5.10 Å². The zero-order valence-electron chi connectivity index (χ0n) is 16.0. The number of amides is 2. The van der Waals surface area contributed by atoms with Crippen molar-refractivity contribution in [3.8, 4) is 5.69 Å². The predicted molar refractivity (Wildman–Crippen MR) is 107 cm³/mol. The molecule has 0 radical (unpaired) electrons. The molecular weight excluding hydrogens is 352 g/mol. The molecule has 3 aromatic rings. The summed E-state index contributed by atoms with van der Waals surface area (Å²) in [5.41, 5.74) is 5.92. The molecule has 28 heavy (non-hydrogen) atoms. The predicted octanol–water partition coefficient (Wildman–Crippen LogP) is 2.95. The Morgan fingerprint density at radius 3 is 2.64 bits per heavy atom. The normalized spacial score (nSPS) is 18.0. The number of benzene rings is 2. The molecule has 2 atom stereocenters. The number of fused-ring (bicyclic) bond motifs is 1. The van der Waals surface area contributed by atoms with Crippen LogP contribution in [0.2, 0.25) is 0 Å². The zero-order chi connectivity index (χ0) is 19.7. The van der Waals surface area contributed by atoms with E-state index in [4.69, 9.17) is 0 Å². The molecule has 6 nitrogen and oxygen atoms in total. The average Bonchev–Trinajstić information content (AvgIpc) is 3.17. The van der Waals surface area contributed by atoms with Gasteiger partial charge in [-0.1, -0.05) is 42.5 Å². The minimum Gasteiger partial charge on any atom is -0.390 e. The van der Waals surface area contributed by atoms with E-state index in [1.807, 2.05) is 73.1 Å². The highest BCUT2D eigenvalue weighted by Crippen LogP contribution is 2.31. The number of nitrogens with one attached hydrogen (secondary N) is 2. The van der Waals surface area contributed by atoms with Crippen molar-refractivity contribution in [1.29, 1.82) is 0 Å². The summed E-state index contributed by atoms with van der Waals surface area (Å²) in [5.74, 6) is 0. The van der Waals surface area contributed by atoms with Crippen LogP contribution in [0, 0.1) is 13.8 Å². The summed E-state index contributed by atoms with van der Waals surface area (Å²) in [6, 6.07) is 17.1. The van der Waals surface area contributed by atoms with E-state index in [1.165, 1.54) is 0 Å². The van der Waals surface area contributed by atoms with E-state index in [9.17, 15) is 9.90 Å². The van der Waals surface area contributed by atoms with Gasteiger partial charge in [0.05, 0.1) is 23.5 Å². The number of carbonyl (C=O) groups excluding carboxylic acids is 1. The summed E-state index contributed by atoms with van der Waals surface area (Å²) in [6.45, 7) is 4.32. The first-order valence-corrected chi connectivity index (χ1v) is 9.45. The molecule has 144 valence electrons. The average molecular weight is 376 g/mol. The van der Waals surface area contributed by atoms with Gasteiger partial charge in [0.1, 0.15) is 0 Å². The minimum absolute atomic E-state index is 0.299. The van der Waals surface area contributed by atoms with Crippen molar-refractivity contribution in [3.63, 3.8) is 0 Å². The largest absolute Gasteiger partial charge is 0.390 e. The molecule has 1 aliphatic rings. The molecule has 0 bridgehead atoms. The van der Waals surface area contributed by atoms with Crippen LogP contribution in [-0.4, -0.2) is 27.0 Å². The number of rotatable bonds is 4. The molecule has 3 N–H and O–H groups in total. The summed E-state index contributed by atoms with van der Waals surface area (Å²) in [6.07, 6.45) is -0.0455. The molecule has 2 aromatic carbocycles. The Morgan fingerprint density at radius 1 is 1.14 bits per heavy atom. The van der Waals surface area contributed by atoms with Crippen LogP contribution >= 0.6 is 0 Å². The van der Waals surface area contributed by atoms with Crippen LogP contribution in [0.25, 0.3) is 5.69 Å². The Hall–Kier alpha value is -3.12. The number of aryl methyl sites for hydroxylation is 1. The van der Waals surface area contributed by atoms with E-state index in [-0.39, 0.29) is 12.1 Å². The first-order chi connectivity index (χ1) is 13.5. The fraction of sp³-hybridized carbons (Fsp3) is 0.273. The highest BCUT2D eigenvalue weighted by molar-refractivity contribution is 5.75. The van der Waals surface area contributed by atoms with E-state index in [0.717, 1.165) is 33.8 Å². The molecule has 0 fully saturated rings. The summed E-state index contributed by atoms with van der Waals surface area (Å²) in [7, 11) is 0. The molecule has 1 aliphatic carbocycles. The van der Waals surface area contributed by atoms with Crippen molar-refractivity contribution in [2.75, 3.05) is 0 Å². The number of nitrogens with zero attached hydrogens (tertiary/aromatic N) is 2. The molecule has 0 aliphatic heterocycles. The monoisotopic (exact) mass is 376 g/mol. The van der Waals surface area contributed by atoms with Crippen LogP contribution in [0.5, 0.6) is 0 Å². The van der Waals surface area contributed by atoms with Gasteiger partial charge in [0, 0.05) is 24.2 Å². The Kier molecular flexibility index (Phi) is 4.88. The number of aliphatic hydroxyl groups excluding tert-OH is 1. The summed E-state index contributed by atoms with van der Waals surface area (Å²) >= 11 is 0. The number of aliphatic hydroxyl groups is 1. The van der Waals surface area contributed by atoms with E-state index in [1.54, 1.807) is 0 Å². The number of hydrogen-bond donors (Lipinski definition) is 3.